The summed E-state index contributed by atoms with van der Waals surface area (Å²) in [5.41, 5.74) is 0.655. The summed E-state index contributed by atoms with van der Waals surface area (Å²) in [6, 6.07) is 0. The van der Waals surface area contributed by atoms with Gasteiger partial charge in [0.15, 0.2) is 15.8 Å². The lowest BCUT2D eigenvalue weighted by atomic mass is 10.6. The number of nitrogens with zero attached hydrogens (tertiary/aromatic N) is 5. The first-order valence-corrected chi connectivity index (χ1v) is 7.69. The normalized spacial score (nSPS) is 12.0. The third-order valence-corrected chi connectivity index (χ3v) is 4.67. The highest BCUT2D eigenvalue weighted by Crippen LogP contribution is 2.23. The Kier molecular flexibility index (Phi) is 3.23. The monoisotopic (exact) mass is 347 g/mol. The molecule has 3 heterocycles. The molecule has 0 saturated carbocycles. The standard InChI is InChI=1S/C9H7Cl2N7O2S/c1-18-8(4(10)2-14-18)21(19,20)17-9-15-6(11)5-7(16-9)13-3-12-5/h2-3H,1H3,(H2,12,13,15,16,17). The Morgan fingerprint density at radius 1 is 1.33 bits per heavy atom. The van der Waals surface area contributed by atoms with Crippen molar-refractivity contribution in [2.75, 3.05) is 4.72 Å². The van der Waals surface area contributed by atoms with E-state index in [9.17, 15) is 8.42 Å². The largest absolute Gasteiger partial charge is 0.341 e. The fraction of sp³-hybridized carbons (Fsp3) is 0.111. The van der Waals surface area contributed by atoms with Crippen LogP contribution in [0.4, 0.5) is 5.95 Å². The van der Waals surface area contributed by atoms with Crippen LogP contribution >= 0.6 is 23.2 Å². The second-order valence-corrected chi connectivity index (χ2v) is 6.33. The summed E-state index contributed by atoms with van der Waals surface area (Å²) in [6.07, 6.45) is 2.60. The van der Waals surface area contributed by atoms with E-state index in [2.05, 4.69) is 29.8 Å². The van der Waals surface area contributed by atoms with Crippen LogP contribution in [0.25, 0.3) is 11.2 Å². The van der Waals surface area contributed by atoms with Gasteiger partial charge in [-0.1, -0.05) is 23.2 Å². The van der Waals surface area contributed by atoms with Crippen molar-refractivity contribution in [2.45, 2.75) is 5.03 Å². The summed E-state index contributed by atoms with van der Waals surface area (Å²) in [4.78, 5) is 14.4. The lowest BCUT2D eigenvalue weighted by molar-refractivity contribution is 0.582. The number of aromatic amines is 1. The van der Waals surface area contributed by atoms with Gasteiger partial charge in [-0.3, -0.25) is 4.68 Å². The van der Waals surface area contributed by atoms with Gasteiger partial charge in [-0.25, -0.2) is 9.71 Å². The van der Waals surface area contributed by atoms with E-state index in [-0.39, 0.29) is 26.8 Å². The molecule has 2 N–H and O–H groups in total. The molecule has 0 aliphatic rings. The molecule has 0 atom stereocenters. The van der Waals surface area contributed by atoms with Crippen LogP contribution in [0.2, 0.25) is 10.2 Å². The number of nitrogens with one attached hydrogen (secondary N) is 2. The second-order valence-electron chi connectivity index (χ2n) is 3.97. The zero-order chi connectivity index (χ0) is 15.2. The summed E-state index contributed by atoms with van der Waals surface area (Å²) in [5.74, 6) is -0.211. The molecule has 0 amide bonds. The topological polar surface area (TPSA) is 118 Å². The van der Waals surface area contributed by atoms with E-state index in [1.165, 1.54) is 19.6 Å². The fourth-order valence-electron chi connectivity index (χ4n) is 1.71. The Bertz CT molecular complexity index is 913. The minimum absolute atomic E-state index is 0.0167. The highest BCUT2D eigenvalue weighted by molar-refractivity contribution is 7.92. The number of anilines is 1. The smallest absolute Gasteiger partial charge is 0.282 e. The van der Waals surface area contributed by atoms with Crippen LogP contribution in [0.1, 0.15) is 0 Å². The molecule has 0 bridgehead atoms. The van der Waals surface area contributed by atoms with Crippen molar-refractivity contribution in [3.05, 3.63) is 22.7 Å². The summed E-state index contributed by atoms with van der Waals surface area (Å²) >= 11 is 11.7. The number of fused-ring (bicyclic) bond motifs is 1. The van der Waals surface area contributed by atoms with E-state index in [0.717, 1.165) is 4.68 Å². The molecule has 0 unspecified atom stereocenters. The predicted octanol–water partition coefficient (Wildman–Crippen LogP) is 1.19. The van der Waals surface area contributed by atoms with Crippen molar-refractivity contribution in [1.82, 2.24) is 29.7 Å². The minimum Gasteiger partial charge on any atom is -0.341 e. The van der Waals surface area contributed by atoms with Crippen LogP contribution in [-0.2, 0) is 17.1 Å². The van der Waals surface area contributed by atoms with Crippen molar-refractivity contribution in [2.24, 2.45) is 7.05 Å². The minimum atomic E-state index is -4.00. The molecule has 3 rings (SSSR count). The fourth-order valence-corrected chi connectivity index (χ4v) is 3.54. The maximum Gasteiger partial charge on any atom is 0.282 e. The van der Waals surface area contributed by atoms with Crippen LogP contribution < -0.4 is 4.72 Å². The van der Waals surface area contributed by atoms with Gasteiger partial charge in [0.2, 0.25) is 5.95 Å². The number of aromatic nitrogens is 6. The van der Waals surface area contributed by atoms with Crippen LogP contribution in [0.5, 0.6) is 0 Å². The Morgan fingerprint density at radius 3 is 2.76 bits per heavy atom. The molecule has 0 spiro atoms. The number of H-pyrrole nitrogens is 1. The van der Waals surface area contributed by atoms with Gasteiger partial charge in [-0.2, -0.15) is 23.5 Å². The van der Waals surface area contributed by atoms with E-state index >= 15 is 0 Å². The molecule has 0 aliphatic carbocycles. The van der Waals surface area contributed by atoms with Crippen molar-refractivity contribution in [3.8, 4) is 0 Å². The lowest BCUT2D eigenvalue weighted by Crippen LogP contribution is -2.18. The van der Waals surface area contributed by atoms with Crippen molar-refractivity contribution in [1.29, 1.82) is 0 Å². The number of rotatable bonds is 3. The maximum absolute atomic E-state index is 12.3. The average Bonchev–Trinajstić information content (AvgIpc) is 2.96. The Labute approximate surface area is 128 Å². The Hall–Kier alpha value is -1.91. The molecule has 0 fully saturated rings. The molecule has 12 heteroatoms. The van der Waals surface area contributed by atoms with Crippen molar-refractivity contribution < 1.29 is 8.42 Å². The molecule has 0 aromatic carbocycles. The first-order valence-electron chi connectivity index (χ1n) is 5.45. The molecular weight excluding hydrogens is 341 g/mol. The van der Waals surface area contributed by atoms with E-state index in [0.29, 0.717) is 5.52 Å². The quantitative estimate of drug-likeness (QED) is 0.687. The first kappa shape index (κ1) is 14.0. The number of halogens is 2. The van der Waals surface area contributed by atoms with Crippen LogP contribution in [0, 0.1) is 0 Å². The SMILES string of the molecule is Cn1ncc(Cl)c1S(=O)(=O)Nc1nc(Cl)c2[nH]cnc2n1. The summed E-state index contributed by atoms with van der Waals surface area (Å²) < 4.78 is 27.9. The van der Waals surface area contributed by atoms with E-state index < -0.39 is 10.0 Å². The molecule has 21 heavy (non-hydrogen) atoms. The number of sulfonamides is 1. The molecule has 0 radical (unpaired) electrons. The highest BCUT2D eigenvalue weighted by Gasteiger charge is 2.24. The Balaban J connectivity index is 2.05. The van der Waals surface area contributed by atoms with Gasteiger partial charge < -0.3 is 4.98 Å². The lowest BCUT2D eigenvalue weighted by Gasteiger charge is -2.07. The summed E-state index contributed by atoms with van der Waals surface area (Å²) in [5, 5.41) is 3.59. The highest BCUT2D eigenvalue weighted by atomic mass is 35.5. The average molecular weight is 348 g/mol. The van der Waals surface area contributed by atoms with Gasteiger partial charge in [-0.15, -0.1) is 0 Å². The number of hydrogen-bond acceptors (Lipinski definition) is 6. The van der Waals surface area contributed by atoms with Crippen LogP contribution in [-0.4, -0.2) is 38.1 Å². The zero-order valence-corrected chi connectivity index (χ0v) is 12.7. The third kappa shape index (κ3) is 2.41. The molecular formula is C9H7Cl2N7O2S. The van der Waals surface area contributed by atoms with Gasteiger partial charge in [0.25, 0.3) is 10.0 Å². The third-order valence-electron chi connectivity index (χ3n) is 2.56. The molecule has 3 aromatic rings. The van der Waals surface area contributed by atoms with E-state index in [1.54, 1.807) is 0 Å². The molecule has 0 aliphatic heterocycles. The molecule has 9 nitrogen and oxygen atoms in total. The van der Waals surface area contributed by atoms with Crippen LogP contribution in [0.15, 0.2) is 17.6 Å². The number of imidazole rings is 1. The van der Waals surface area contributed by atoms with Gasteiger partial charge in [0.1, 0.15) is 5.52 Å². The van der Waals surface area contributed by atoms with Gasteiger partial charge in [0.05, 0.1) is 17.5 Å². The van der Waals surface area contributed by atoms with Gasteiger partial charge >= 0.3 is 0 Å². The van der Waals surface area contributed by atoms with Crippen molar-refractivity contribution >= 4 is 50.3 Å². The molecule has 3 aromatic heterocycles. The van der Waals surface area contributed by atoms with Gasteiger partial charge in [-0.05, 0) is 0 Å². The van der Waals surface area contributed by atoms with Gasteiger partial charge in [0, 0.05) is 7.05 Å². The number of aryl methyl sites for hydroxylation is 1. The predicted molar refractivity (Wildman–Crippen MR) is 75.7 cm³/mol. The van der Waals surface area contributed by atoms with E-state index in [4.69, 9.17) is 23.2 Å². The maximum atomic E-state index is 12.3. The zero-order valence-electron chi connectivity index (χ0n) is 10.4. The second kappa shape index (κ2) is 4.83. The molecule has 0 saturated heterocycles. The van der Waals surface area contributed by atoms with E-state index in [1.807, 2.05) is 0 Å². The number of hydrogen-bond donors (Lipinski definition) is 2. The molecule has 110 valence electrons. The summed E-state index contributed by atoms with van der Waals surface area (Å²) in [7, 11) is -2.55. The summed E-state index contributed by atoms with van der Waals surface area (Å²) in [6.45, 7) is 0. The Morgan fingerprint density at radius 2 is 2.10 bits per heavy atom. The first-order chi connectivity index (χ1) is 9.88. The van der Waals surface area contributed by atoms with Crippen molar-refractivity contribution in [3.63, 3.8) is 0 Å². The van der Waals surface area contributed by atoms with Crippen LogP contribution in [0.3, 0.4) is 0 Å².